The van der Waals surface area contributed by atoms with Gasteiger partial charge in [0.15, 0.2) is 0 Å². The standard InChI is InChI=1S/C20H19FN2O2S/c21-16-7-2-1-6-14(16)12-15-13-22-19(25-15)17-8-3-4-10-23(17)20(24)18-9-5-11-26-18/h1-2,5-7,9,11,13,17H,3-4,8,10,12H2/t17-/m1/s1. The van der Waals surface area contributed by atoms with Gasteiger partial charge in [-0.2, -0.15) is 0 Å². The van der Waals surface area contributed by atoms with E-state index in [2.05, 4.69) is 4.98 Å². The molecule has 4 rings (SSSR count). The molecule has 0 unspecified atom stereocenters. The summed E-state index contributed by atoms with van der Waals surface area (Å²) in [5.74, 6) is 0.927. The van der Waals surface area contributed by atoms with Crippen molar-refractivity contribution >= 4 is 17.2 Å². The van der Waals surface area contributed by atoms with Gasteiger partial charge in [-0.15, -0.1) is 11.3 Å². The molecular weight excluding hydrogens is 351 g/mol. The van der Waals surface area contributed by atoms with Gasteiger partial charge >= 0.3 is 0 Å². The summed E-state index contributed by atoms with van der Waals surface area (Å²) in [4.78, 5) is 19.8. The topological polar surface area (TPSA) is 46.3 Å². The maximum atomic E-state index is 13.8. The quantitative estimate of drug-likeness (QED) is 0.661. The van der Waals surface area contributed by atoms with Crippen molar-refractivity contribution < 1.29 is 13.6 Å². The zero-order valence-corrected chi connectivity index (χ0v) is 15.0. The summed E-state index contributed by atoms with van der Waals surface area (Å²) < 4.78 is 19.8. The van der Waals surface area contributed by atoms with Crippen LogP contribution in [-0.4, -0.2) is 22.3 Å². The van der Waals surface area contributed by atoms with Gasteiger partial charge in [-0.05, 0) is 42.3 Å². The van der Waals surface area contributed by atoms with E-state index in [0.717, 1.165) is 24.1 Å². The SMILES string of the molecule is O=C(c1cccs1)N1CCCC[C@@H]1c1ncc(Cc2ccccc2F)o1. The van der Waals surface area contributed by atoms with E-state index in [4.69, 9.17) is 4.42 Å². The lowest BCUT2D eigenvalue weighted by Gasteiger charge is -2.33. The second-order valence-electron chi connectivity index (χ2n) is 6.42. The fourth-order valence-electron chi connectivity index (χ4n) is 3.36. The van der Waals surface area contributed by atoms with Gasteiger partial charge in [-0.3, -0.25) is 4.79 Å². The minimum atomic E-state index is -0.252. The lowest BCUT2D eigenvalue weighted by Crippen LogP contribution is -2.38. The molecule has 1 amide bonds. The highest BCUT2D eigenvalue weighted by atomic mass is 32.1. The van der Waals surface area contributed by atoms with Crippen LogP contribution < -0.4 is 0 Å². The van der Waals surface area contributed by atoms with Gasteiger partial charge in [0.2, 0.25) is 5.89 Å². The van der Waals surface area contributed by atoms with Gasteiger partial charge in [0, 0.05) is 13.0 Å². The highest BCUT2D eigenvalue weighted by Gasteiger charge is 2.32. The molecule has 1 aromatic carbocycles. The van der Waals surface area contributed by atoms with Gasteiger partial charge in [0.25, 0.3) is 5.91 Å². The first kappa shape index (κ1) is 17.0. The zero-order valence-electron chi connectivity index (χ0n) is 14.2. The molecule has 0 aliphatic carbocycles. The number of thiophene rings is 1. The molecule has 0 radical (unpaired) electrons. The summed E-state index contributed by atoms with van der Waals surface area (Å²) in [7, 11) is 0. The molecule has 0 bridgehead atoms. The molecule has 4 nitrogen and oxygen atoms in total. The highest BCUT2D eigenvalue weighted by Crippen LogP contribution is 2.32. The Morgan fingerprint density at radius 1 is 1.27 bits per heavy atom. The third-order valence-electron chi connectivity index (χ3n) is 4.67. The number of amides is 1. The molecule has 1 aliphatic heterocycles. The number of halogens is 1. The van der Waals surface area contributed by atoms with Crippen molar-refractivity contribution in [2.45, 2.75) is 31.7 Å². The van der Waals surface area contributed by atoms with E-state index >= 15 is 0 Å². The normalized spacial score (nSPS) is 17.4. The Hall–Kier alpha value is -2.47. The van der Waals surface area contributed by atoms with Gasteiger partial charge in [0.05, 0.1) is 11.1 Å². The number of carbonyl (C=O) groups is 1. The number of piperidine rings is 1. The summed E-state index contributed by atoms with van der Waals surface area (Å²) in [6.07, 6.45) is 4.84. The van der Waals surface area contributed by atoms with Gasteiger partial charge in [0.1, 0.15) is 17.6 Å². The second-order valence-corrected chi connectivity index (χ2v) is 7.37. The number of nitrogens with zero attached hydrogens (tertiary/aromatic N) is 2. The van der Waals surface area contributed by atoms with Crippen LogP contribution in [0.25, 0.3) is 0 Å². The molecule has 1 fully saturated rings. The van der Waals surface area contributed by atoms with E-state index in [1.807, 2.05) is 22.4 Å². The number of benzene rings is 1. The first-order valence-corrected chi connectivity index (χ1v) is 9.63. The summed E-state index contributed by atoms with van der Waals surface area (Å²) in [5.41, 5.74) is 0.574. The Bertz CT molecular complexity index is 891. The average Bonchev–Trinajstić information content (AvgIpc) is 3.35. The monoisotopic (exact) mass is 370 g/mol. The van der Waals surface area contributed by atoms with Crippen LogP contribution in [0.5, 0.6) is 0 Å². The molecule has 6 heteroatoms. The van der Waals surface area contributed by atoms with Crippen molar-refractivity contribution in [3.8, 4) is 0 Å². The Labute approximate surface area is 155 Å². The minimum Gasteiger partial charge on any atom is -0.443 e. The lowest BCUT2D eigenvalue weighted by atomic mass is 10.0. The van der Waals surface area contributed by atoms with Gasteiger partial charge in [-0.1, -0.05) is 24.3 Å². The van der Waals surface area contributed by atoms with E-state index in [1.165, 1.54) is 17.4 Å². The average molecular weight is 370 g/mol. The maximum Gasteiger partial charge on any atom is 0.264 e. The van der Waals surface area contributed by atoms with E-state index in [-0.39, 0.29) is 17.8 Å². The number of carbonyl (C=O) groups excluding carboxylic acids is 1. The molecule has 26 heavy (non-hydrogen) atoms. The number of likely N-dealkylation sites (tertiary alicyclic amines) is 1. The Morgan fingerprint density at radius 2 is 2.15 bits per heavy atom. The summed E-state index contributed by atoms with van der Waals surface area (Å²) in [6, 6.07) is 10.2. The minimum absolute atomic E-state index is 0.0264. The zero-order chi connectivity index (χ0) is 17.9. The largest absolute Gasteiger partial charge is 0.443 e. The molecule has 1 atom stereocenters. The van der Waals surface area contributed by atoms with Crippen LogP contribution in [0.2, 0.25) is 0 Å². The van der Waals surface area contributed by atoms with Crippen LogP contribution in [0.15, 0.2) is 52.4 Å². The van der Waals surface area contributed by atoms with Crippen molar-refractivity contribution in [1.29, 1.82) is 0 Å². The number of hydrogen-bond donors (Lipinski definition) is 0. The molecular formula is C20H19FN2O2S. The fraction of sp³-hybridized carbons (Fsp3) is 0.300. The molecule has 0 N–H and O–H groups in total. The number of hydrogen-bond acceptors (Lipinski definition) is 4. The van der Waals surface area contributed by atoms with Crippen molar-refractivity contribution in [3.05, 3.63) is 75.9 Å². The van der Waals surface area contributed by atoms with Gasteiger partial charge in [-0.25, -0.2) is 9.37 Å². The third kappa shape index (κ3) is 3.42. The fourth-order valence-corrected chi connectivity index (χ4v) is 4.04. The summed E-state index contributed by atoms with van der Waals surface area (Å²) in [6.45, 7) is 0.701. The van der Waals surface area contributed by atoms with Crippen molar-refractivity contribution in [2.24, 2.45) is 0 Å². The van der Waals surface area contributed by atoms with E-state index in [1.54, 1.807) is 24.4 Å². The third-order valence-corrected chi connectivity index (χ3v) is 5.53. The van der Waals surface area contributed by atoms with Crippen LogP contribution >= 0.6 is 11.3 Å². The summed E-state index contributed by atoms with van der Waals surface area (Å²) >= 11 is 1.45. The lowest BCUT2D eigenvalue weighted by molar-refractivity contribution is 0.0575. The Morgan fingerprint density at radius 3 is 2.96 bits per heavy atom. The first-order chi connectivity index (χ1) is 12.7. The van der Waals surface area contributed by atoms with Gasteiger partial charge < -0.3 is 9.32 Å². The molecule has 1 aliphatic rings. The molecule has 1 saturated heterocycles. The van der Waals surface area contributed by atoms with Crippen molar-refractivity contribution in [1.82, 2.24) is 9.88 Å². The number of rotatable bonds is 4. The van der Waals surface area contributed by atoms with Crippen molar-refractivity contribution in [2.75, 3.05) is 6.54 Å². The molecule has 0 saturated carbocycles. The van der Waals surface area contributed by atoms with Crippen LogP contribution in [0.1, 0.15) is 52.2 Å². The van der Waals surface area contributed by atoms with Crippen molar-refractivity contribution in [3.63, 3.8) is 0 Å². The molecule has 2 aromatic heterocycles. The van der Waals surface area contributed by atoms with Crippen LogP contribution in [0, 0.1) is 5.82 Å². The number of oxazole rings is 1. The van der Waals surface area contributed by atoms with Crippen LogP contribution in [0.4, 0.5) is 4.39 Å². The predicted molar refractivity (Wildman–Crippen MR) is 97.7 cm³/mol. The smallest absolute Gasteiger partial charge is 0.264 e. The van der Waals surface area contributed by atoms with E-state index in [9.17, 15) is 9.18 Å². The second kappa shape index (κ2) is 7.41. The molecule has 134 valence electrons. The Balaban J connectivity index is 1.55. The van der Waals surface area contributed by atoms with Crippen LogP contribution in [0.3, 0.4) is 0 Å². The van der Waals surface area contributed by atoms with E-state index in [0.29, 0.717) is 30.2 Å². The van der Waals surface area contributed by atoms with E-state index < -0.39 is 0 Å². The number of aromatic nitrogens is 1. The summed E-state index contributed by atoms with van der Waals surface area (Å²) in [5, 5.41) is 1.91. The van der Waals surface area contributed by atoms with Crippen LogP contribution in [-0.2, 0) is 6.42 Å². The highest BCUT2D eigenvalue weighted by molar-refractivity contribution is 7.12. The predicted octanol–water partition coefficient (Wildman–Crippen LogP) is 4.83. The molecule has 3 heterocycles. The Kier molecular flexibility index (Phi) is 4.84. The molecule has 0 spiro atoms. The maximum absolute atomic E-state index is 13.8. The first-order valence-electron chi connectivity index (χ1n) is 8.75. The molecule has 3 aromatic rings.